The maximum absolute atomic E-state index is 13.9. The lowest BCUT2D eigenvalue weighted by Crippen LogP contribution is -2.32. The zero-order valence-corrected chi connectivity index (χ0v) is 23.4. The lowest BCUT2D eigenvalue weighted by Gasteiger charge is -2.19. The molecule has 0 spiro atoms. The zero-order valence-electron chi connectivity index (χ0n) is 23.4. The maximum atomic E-state index is 13.9. The number of amides is 4. The summed E-state index contributed by atoms with van der Waals surface area (Å²) in [5.41, 5.74) is 4.52. The smallest absolute Gasteiger partial charge is 0.266 e. The van der Waals surface area contributed by atoms with Gasteiger partial charge in [0, 0.05) is 0 Å². The van der Waals surface area contributed by atoms with E-state index in [-0.39, 0.29) is 0 Å². The average Bonchev–Trinajstić information content (AvgIpc) is 3.50. The largest absolute Gasteiger partial charge is 0.268 e. The molecule has 2 aliphatic rings. The summed E-state index contributed by atoms with van der Waals surface area (Å²) in [5.74, 6) is -1.78. The van der Waals surface area contributed by atoms with Crippen LogP contribution in [0, 0.1) is 0 Å². The fraction of sp³-hybridized carbons (Fsp3) is 0. The summed E-state index contributed by atoms with van der Waals surface area (Å²) in [4.78, 5) is 57.8. The van der Waals surface area contributed by atoms with Crippen molar-refractivity contribution in [3.8, 4) is 0 Å². The highest BCUT2D eigenvalue weighted by molar-refractivity contribution is 6.58. The first-order valence-corrected chi connectivity index (χ1v) is 14.1. The molecule has 0 atom stereocenters. The highest BCUT2D eigenvalue weighted by atomic mass is 16.2. The van der Waals surface area contributed by atoms with Gasteiger partial charge in [0.1, 0.15) is 0 Å². The normalized spacial score (nSPS) is 15.2. The van der Waals surface area contributed by atoms with E-state index in [1.54, 1.807) is 24.3 Å². The highest BCUT2D eigenvalue weighted by Gasteiger charge is 2.42. The van der Waals surface area contributed by atoms with E-state index in [0.29, 0.717) is 55.9 Å². The van der Waals surface area contributed by atoms with Crippen molar-refractivity contribution in [3.63, 3.8) is 0 Å². The molecule has 0 saturated heterocycles. The summed E-state index contributed by atoms with van der Waals surface area (Å²) in [6, 6.07) is 42.8. The van der Waals surface area contributed by atoms with Crippen molar-refractivity contribution in [1.29, 1.82) is 0 Å². The van der Waals surface area contributed by atoms with Crippen LogP contribution >= 0.6 is 0 Å². The molecule has 4 amide bonds. The molecule has 2 heterocycles. The van der Waals surface area contributed by atoms with E-state index in [4.69, 9.17) is 0 Å². The molecule has 0 fully saturated rings. The summed E-state index contributed by atoms with van der Waals surface area (Å²) in [6.07, 6.45) is 0. The topological polar surface area (TPSA) is 74.8 Å². The minimum atomic E-state index is -0.444. The molecule has 0 aliphatic carbocycles. The first-order valence-electron chi connectivity index (χ1n) is 14.1. The van der Waals surface area contributed by atoms with Crippen molar-refractivity contribution in [2.24, 2.45) is 0 Å². The predicted octanol–water partition coefficient (Wildman–Crippen LogP) is 6.66. The van der Waals surface area contributed by atoms with Crippen molar-refractivity contribution in [2.45, 2.75) is 0 Å². The predicted molar refractivity (Wildman–Crippen MR) is 171 cm³/mol. The molecule has 210 valence electrons. The van der Waals surface area contributed by atoms with E-state index in [1.807, 2.05) is 121 Å². The number of hydrogen-bond acceptors (Lipinski definition) is 4. The number of anilines is 2. The number of benzene rings is 5. The Hall–Kier alpha value is -6.14. The second-order valence-electron chi connectivity index (χ2n) is 10.4. The third-order valence-corrected chi connectivity index (χ3v) is 7.78. The first kappa shape index (κ1) is 26.7. The fourth-order valence-electron chi connectivity index (χ4n) is 5.77. The number of carbonyl (C=O) groups excluding carboxylic acids is 4. The van der Waals surface area contributed by atoms with Gasteiger partial charge in [0.15, 0.2) is 0 Å². The number of rotatable bonds is 6. The molecule has 2 aliphatic heterocycles. The van der Waals surface area contributed by atoms with Gasteiger partial charge in [-0.25, -0.2) is 9.80 Å². The van der Waals surface area contributed by atoms with Crippen LogP contribution in [0.3, 0.4) is 0 Å². The number of hydrogen-bond donors (Lipinski definition) is 0. The van der Waals surface area contributed by atoms with Crippen molar-refractivity contribution < 1.29 is 19.2 Å². The third-order valence-electron chi connectivity index (χ3n) is 7.78. The van der Waals surface area contributed by atoms with Crippen LogP contribution in [0.15, 0.2) is 146 Å². The van der Waals surface area contributed by atoms with Crippen LogP contribution in [0.25, 0.3) is 22.3 Å². The van der Waals surface area contributed by atoms with Gasteiger partial charge in [-0.15, -0.1) is 0 Å². The van der Waals surface area contributed by atoms with E-state index < -0.39 is 23.6 Å². The zero-order chi connectivity index (χ0) is 30.2. The summed E-state index contributed by atoms with van der Waals surface area (Å²) in [5, 5.41) is 0. The SMILES string of the molecule is O=C1C(c2ccccc2)=C(c2ccccc2)C(=O)N1c1ccc(N2C(=O)C(c3ccccc3)=C(c3ccccc3)C2=O)cc1. The quantitative estimate of drug-likeness (QED) is 0.214. The molecular formula is C38H24N2O4. The Kier molecular flexibility index (Phi) is 6.64. The molecule has 0 aromatic heterocycles. The van der Waals surface area contributed by atoms with E-state index in [0.717, 1.165) is 9.80 Å². The van der Waals surface area contributed by atoms with Gasteiger partial charge in [0.2, 0.25) is 0 Å². The van der Waals surface area contributed by atoms with Crippen LogP contribution in [0.1, 0.15) is 22.3 Å². The van der Waals surface area contributed by atoms with Crippen molar-refractivity contribution >= 4 is 57.3 Å². The lowest BCUT2D eigenvalue weighted by molar-refractivity contribution is -0.121. The number of imide groups is 2. The molecule has 0 saturated carbocycles. The van der Waals surface area contributed by atoms with Gasteiger partial charge < -0.3 is 0 Å². The Morgan fingerprint density at radius 1 is 0.273 bits per heavy atom. The molecule has 5 aromatic carbocycles. The third kappa shape index (κ3) is 4.37. The van der Waals surface area contributed by atoms with Crippen LogP contribution in [0.4, 0.5) is 11.4 Å². The number of nitrogens with zero attached hydrogens (tertiary/aromatic N) is 2. The van der Waals surface area contributed by atoms with Crippen LogP contribution in [0.2, 0.25) is 0 Å². The number of carbonyl (C=O) groups is 4. The summed E-state index contributed by atoms with van der Waals surface area (Å²) < 4.78 is 0. The summed E-state index contributed by atoms with van der Waals surface area (Å²) in [6.45, 7) is 0. The summed E-state index contributed by atoms with van der Waals surface area (Å²) >= 11 is 0. The molecule has 0 N–H and O–H groups in total. The van der Waals surface area contributed by atoms with Gasteiger partial charge in [-0.3, -0.25) is 19.2 Å². The van der Waals surface area contributed by atoms with Gasteiger partial charge in [-0.1, -0.05) is 121 Å². The fourth-order valence-corrected chi connectivity index (χ4v) is 5.77. The Morgan fingerprint density at radius 2 is 0.477 bits per heavy atom. The van der Waals surface area contributed by atoms with Crippen LogP contribution in [0.5, 0.6) is 0 Å². The van der Waals surface area contributed by atoms with Gasteiger partial charge >= 0.3 is 0 Å². The van der Waals surface area contributed by atoms with Crippen molar-refractivity contribution in [2.75, 3.05) is 9.80 Å². The van der Waals surface area contributed by atoms with E-state index in [1.165, 1.54) is 0 Å². The molecule has 0 bridgehead atoms. The molecule has 6 nitrogen and oxygen atoms in total. The van der Waals surface area contributed by atoms with Crippen LogP contribution in [-0.2, 0) is 19.2 Å². The van der Waals surface area contributed by atoms with Gasteiger partial charge in [0.05, 0.1) is 33.7 Å². The molecule has 0 unspecified atom stereocenters. The van der Waals surface area contributed by atoms with Crippen LogP contribution < -0.4 is 9.80 Å². The molecule has 6 heteroatoms. The Bertz CT molecular complexity index is 1730. The molecule has 0 radical (unpaired) electrons. The Balaban J connectivity index is 1.25. The van der Waals surface area contributed by atoms with Gasteiger partial charge in [0.25, 0.3) is 23.6 Å². The van der Waals surface area contributed by atoms with Crippen molar-refractivity contribution in [3.05, 3.63) is 168 Å². The Labute approximate surface area is 253 Å². The second kappa shape index (κ2) is 10.9. The van der Waals surface area contributed by atoms with Gasteiger partial charge in [-0.05, 0) is 46.5 Å². The van der Waals surface area contributed by atoms with Gasteiger partial charge in [-0.2, -0.15) is 0 Å². The van der Waals surface area contributed by atoms with Crippen molar-refractivity contribution in [1.82, 2.24) is 0 Å². The lowest BCUT2D eigenvalue weighted by atomic mass is 9.96. The Morgan fingerprint density at radius 3 is 0.682 bits per heavy atom. The van der Waals surface area contributed by atoms with E-state index in [2.05, 4.69) is 0 Å². The maximum Gasteiger partial charge on any atom is 0.266 e. The highest BCUT2D eigenvalue weighted by Crippen LogP contribution is 2.41. The molecule has 5 aromatic rings. The second-order valence-corrected chi connectivity index (χ2v) is 10.4. The first-order chi connectivity index (χ1) is 21.5. The molecular weight excluding hydrogens is 548 g/mol. The van der Waals surface area contributed by atoms with E-state index in [9.17, 15) is 19.2 Å². The minimum absolute atomic E-state index is 0.319. The molecule has 7 rings (SSSR count). The summed E-state index contributed by atoms with van der Waals surface area (Å²) in [7, 11) is 0. The standard InChI is InChI=1S/C38H24N2O4/c41-35-31(25-13-5-1-6-14-25)32(26-15-7-2-8-16-26)36(42)39(35)29-21-23-30(24-22-29)40-37(43)33(27-17-9-3-10-18-27)34(38(40)44)28-19-11-4-12-20-28/h1-24H. The average molecular weight is 573 g/mol. The van der Waals surface area contributed by atoms with E-state index >= 15 is 0 Å². The monoisotopic (exact) mass is 572 g/mol. The van der Waals surface area contributed by atoms with Crippen LogP contribution in [-0.4, -0.2) is 23.6 Å². The minimum Gasteiger partial charge on any atom is -0.268 e. The molecule has 44 heavy (non-hydrogen) atoms.